The molecule has 1 atom stereocenters. The molecule has 0 aliphatic carbocycles. The summed E-state index contributed by atoms with van der Waals surface area (Å²) in [4.78, 5) is 23.6. The fourth-order valence-electron chi connectivity index (χ4n) is 1.90. The molecule has 0 aromatic heterocycles. The summed E-state index contributed by atoms with van der Waals surface area (Å²) >= 11 is 11.7. The predicted molar refractivity (Wildman–Crippen MR) is 95.2 cm³/mol. The van der Waals surface area contributed by atoms with Crippen molar-refractivity contribution in [2.24, 2.45) is 5.10 Å². The molecule has 24 heavy (non-hydrogen) atoms. The largest absolute Gasteiger partial charge is 0.341 e. The molecule has 2 amide bonds. The molecule has 0 aliphatic heterocycles. The van der Waals surface area contributed by atoms with Crippen LogP contribution in [-0.4, -0.2) is 18.0 Å². The Morgan fingerprint density at radius 3 is 2.42 bits per heavy atom. The van der Waals surface area contributed by atoms with Gasteiger partial charge in [-0.25, -0.2) is 5.43 Å². The Labute approximate surface area is 149 Å². The number of hydrazone groups is 1. The molecule has 2 rings (SSSR count). The number of benzene rings is 2. The molecule has 0 radical (unpaired) electrons. The first-order chi connectivity index (χ1) is 11.5. The first kappa shape index (κ1) is 18.0. The standard InChI is InChI=1S/C17H15Cl2N3O2/c1-11(13-5-3-2-4-6-13)21-16(23)17(24)22-20-10-12-7-8-14(18)15(19)9-12/h2-11H,1H3,(H,21,23)(H,22,24)/b20-10+. The Hall–Kier alpha value is -2.37. The second-order valence-electron chi connectivity index (χ2n) is 4.98. The number of halogens is 2. The lowest BCUT2D eigenvalue weighted by Gasteiger charge is -2.13. The van der Waals surface area contributed by atoms with Gasteiger partial charge in [-0.3, -0.25) is 9.59 Å². The number of carbonyl (C=O) groups is 2. The van der Waals surface area contributed by atoms with E-state index in [0.29, 0.717) is 15.6 Å². The molecule has 5 nitrogen and oxygen atoms in total. The van der Waals surface area contributed by atoms with E-state index in [-0.39, 0.29) is 6.04 Å². The van der Waals surface area contributed by atoms with Gasteiger partial charge in [-0.05, 0) is 30.2 Å². The molecule has 2 aromatic rings. The minimum Gasteiger partial charge on any atom is -0.341 e. The average Bonchev–Trinajstić information content (AvgIpc) is 2.58. The Kier molecular flexibility index (Phi) is 6.35. The van der Waals surface area contributed by atoms with E-state index in [1.807, 2.05) is 30.3 Å². The summed E-state index contributed by atoms with van der Waals surface area (Å²) in [5.74, 6) is -1.62. The zero-order valence-corrected chi connectivity index (χ0v) is 14.3. The lowest BCUT2D eigenvalue weighted by Crippen LogP contribution is -2.39. The van der Waals surface area contributed by atoms with Crippen LogP contribution in [0.5, 0.6) is 0 Å². The van der Waals surface area contributed by atoms with E-state index < -0.39 is 11.8 Å². The van der Waals surface area contributed by atoms with Crippen LogP contribution in [0, 0.1) is 0 Å². The van der Waals surface area contributed by atoms with E-state index in [4.69, 9.17) is 23.2 Å². The summed E-state index contributed by atoms with van der Waals surface area (Å²) in [7, 11) is 0. The number of nitrogens with zero attached hydrogens (tertiary/aromatic N) is 1. The van der Waals surface area contributed by atoms with Gasteiger partial charge in [-0.2, -0.15) is 5.10 Å². The highest BCUT2D eigenvalue weighted by atomic mass is 35.5. The molecule has 0 bridgehead atoms. The van der Waals surface area contributed by atoms with Crippen molar-refractivity contribution in [3.05, 3.63) is 69.7 Å². The Morgan fingerprint density at radius 2 is 1.75 bits per heavy atom. The van der Waals surface area contributed by atoms with Gasteiger partial charge >= 0.3 is 11.8 Å². The highest BCUT2D eigenvalue weighted by Gasteiger charge is 2.16. The molecule has 0 heterocycles. The summed E-state index contributed by atoms with van der Waals surface area (Å²) in [6.07, 6.45) is 1.37. The van der Waals surface area contributed by atoms with Gasteiger partial charge in [0.1, 0.15) is 0 Å². The molecule has 0 fully saturated rings. The predicted octanol–water partition coefficient (Wildman–Crippen LogP) is 3.32. The smallest absolute Gasteiger partial charge is 0.329 e. The van der Waals surface area contributed by atoms with Crippen LogP contribution in [0.15, 0.2) is 53.6 Å². The number of amides is 2. The van der Waals surface area contributed by atoms with Gasteiger partial charge in [0.15, 0.2) is 0 Å². The van der Waals surface area contributed by atoms with E-state index in [0.717, 1.165) is 5.56 Å². The van der Waals surface area contributed by atoms with Crippen LogP contribution < -0.4 is 10.7 Å². The molecule has 0 saturated carbocycles. The minimum atomic E-state index is -0.853. The maximum absolute atomic E-state index is 11.8. The minimum absolute atomic E-state index is 0.288. The lowest BCUT2D eigenvalue weighted by molar-refractivity contribution is -0.139. The number of rotatable bonds is 4. The summed E-state index contributed by atoms with van der Waals surface area (Å²) in [6, 6.07) is 13.9. The molecule has 1 unspecified atom stereocenters. The average molecular weight is 364 g/mol. The van der Waals surface area contributed by atoms with E-state index >= 15 is 0 Å². The van der Waals surface area contributed by atoms with Crippen LogP contribution in [0.25, 0.3) is 0 Å². The van der Waals surface area contributed by atoms with Gasteiger partial charge in [0.25, 0.3) is 0 Å². The van der Waals surface area contributed by atoms with Crippen molar-refractivity contribution in [2.75, 3.05) is 0 Å². The Morgan fingerprint density at radius 1 is 1.04 bits per heavy atom. The number of hydrogen-bond acceptors (Lipinski definition) is 3. The third-order valence-corrected chi connectivity index (χ3v) is 3.92. The van der Waals surface area contributed by atoms with Gasteiger partial charge in [0.2, 0.25) is 0 Å². The molecule has 0 aliphatic rings. The fourth-order valence-corrected chi connectivity index (χ4v) is 2.20. The van der Waals surface area contributed by atoms with Gasteiger partial charge in [0.05, 0.1) is 22.3 Å². The second kappa shape index (κ2) is 8.47. The van der Waals surface area contributed by atoms with E-state index in [2.05, 4.69) is 15.8 Å². The summed E-state index contributed by atoms with van der Waals surface area (Å²) in [5.41, 5.74) is 3.71. The van der Waals surface area contributed by atoms with Gasteiger partial charge in [-0.15, -0.1) is 0 Å². The number of nitrogens with one attached hydrogen (secondary N) is 2. The monoisotopic (exact) mass is 363 g/mol. The van der Waals surface area contributed by atoms with Crippen molar-refractivity contribution in [1.82, 2.24) is 10.7 Å². The van der Waals surface area contributed by atoms with Crippen molar-refractivity contribution in [3.8, 4) is 0 Å². The van der Waals surface area contributed by atoms with Crippen molar-refractivity contribution < 1.29 is 9.59 Å². The molecular formula is C17H15Cl2N3O2. The Bertz CT molecular complexity index is 764. The second-order valence-corrected chi connectivity index (χ2v) is 5.79. The van der Waals surface area contributed by atoms with Crippen LogP contribution in [0.4, 0.5) is 0 Å². The highest BCUT2D eigenvalue weighted by molar-refractivity contribution is 6.42. The third-order valence-electron chi connectivity index (χ3n) is 3.18. The SMILES string of the molecule is CC(NC(=O)C(=O)N/N=C/c1ccc(Cl)c(Cl)c1)c1ccccc1. The maximum Gasteiger partial charge on any atom is 0.329 e. The molecule has 0 spiro atoms. The fraction of sp³-hybridized carbons (Fsp3) is 0.118. The topological polar surface area (TPSA) is 70.6 Å². The van der Waals surface area contributed by atoms with E-state index in [1.54, 1.807) is 25.1 Å². The molecule has 7 heteroatoms. The zero-order valence-electron chi connectivity index (χ0n) is 12.8. The van der Waals surface area contributed by atoms with Crippen molar-refractivity contribution in [1.29, 1.82) is 0 Å². The van der Waals surface area contributed by atoms with Gasteiger partial charge in [-0.1, -0.05) is 59.6 Å². The van der Waals surface area contributed by atoms with E-state index in [1.165, 1.54) is 6.21 Å². The summed E-state index contributed by atoms with van der Waals surface area (Å²) in [6.45, 7) is 1.79. The normalized spacial score (nSPS) is 12.0. The maximum atomic E-state index is 11.8. The first-order valence-corrected chi connectivity index (χ1v) is 7.87. The molecular weight excluding hydrogens is 349 g/mol. The summed E-state index contributed by atoms with van der Waals surface area (Å²) in [5, 5.41) is 7.12. The van der Waals surface area contributed by atoms with Gasteiger partial charge < -0.3 is 5.32 Å². The van der Waals surface area contributed by atoms with Crippen molar-refractivity contribution in [2.45, 2.75) is 13.0 Å². The van der Waals surface area contributed by atoms with Crippen LogP contribution in [0.1, 0.15) is 24.1 Å². The van der Waals surface area contributed by atoms with Crippen molar-refractivity contribution in [3.63, 3.8) is 0 Å². The summed E-state index contributed by atoms with van der Waals surface area (Å²) < 4.78 is 0. The van der Waals surface area contributed by atoms with Gasteiger partial charge in [0, 0.05) is 0 Å². The highest BCUT2D eigenvalue weighted by Crippen LogP contribution is 2.21. The molecule has 0 saturated heterocycles. The zero-order chi connectivity index (χ0) is 17.5. The van der Waals surface area contributed by atoms with E-state index in [9.17, 15) is 9.59 Å². The quantitative estimate of drug-likeness (QED) is 0.496. The molecule has 2 aromatic carbocycles. The van der Waals surface area contributed by atoms with Crippen LogP contribution in [0.2, 0.25) is 10.0 Å². The van der Waals surface area contributed by atoms with Crippen LogP contribution >= 0.6 is 23.2 Å². The van der Waals surface area contributed by atoms with Crippen LogP contribution in [-0.2, 0) is 9.59 Å². The Balaban J connectivity index is 1.88. The van der Waals surface area contributed by atoms with Crippen LogP contribution in [0.3, 0.4) is 0 Å². The number of carbonyl (C=O) groups excluding carboxylic acids is 2. The third kappa shape index (κ3) is 5.08. The van der Waals surface area contributed by atoms with Crippen molar-refractivity contribution >= 4 is 41.2 Å². The molecule has 124 valence electrons. The lowest BCUT2D eigenvalue weighted by atomic mass is 10.1. The first-order valence-electron chi connectivity index (χ1n) is 7.11. The molecule has 2 N–H and O–H groups in total. The number of hydrogen-bond donors (Lipinski definition) is 2.